The lowest BCUT2D eigenvalue weighted by Crippen LogP contribution is -2.39. The van der Waals surface area contributed by atoms with Crippen LogP contribution in [0.1, 0.15) is 44.9 Å². The number of alkyl halides is 3. The number of benzene rings is 1. The number of ether oxygens (including phenoxy) is 1. The van der Waals surface area contributed by atoms with E-state index in [1.807, 2.05) is 19.9 Å². The largest absolute Gasteiger partial charge is 0.406 e. The van der Waals surface area contributed by atoms with E-state index in [0.717, 1.165) is 15.4 Å². The number of rotatable bonds is 5. The molecule has 0 fully saturated rings. The van der Waals surface area contributed by atoms with Crippen LogP contribution < -0.4 is 0 Å². The van der Waals surface area contributed by atoms with Gasteiger partial charge in [-0.25, -0.2) is 0 Å². The van der Waals surface area contributed by atoms with E-state index in [0.29, 0.717) is 22.5 Å². The van der Waals surface area contributed by atoms with Crippen molar-refractivity contribution in [1.82, 2.24) is 4.57 Å². The Morgan fingerprint density at radius 2 is 1.97 bits per heavy atom. The summed E-state index contributed by atoms with van der Waals surface area (Å²) in [5.74, 6) is -0.392. The van der Waals surface area contributed by atoms with Crippen LogP contribution >= 0.6 is 15.9 Å². The standard InChI is InChI=1S/C22H26BrF3N2O2/c1-6-27-18-12(2)19-16(17(20(18)30-5)21(3,4)11-29)14-9-13(23)7-8-15(14)28(19)10-22(24,25)26/h6-9,17,20,29H,10-11H2,1-5H3/t17?,20-/m0/s1. The van der Waals surface area contributed by atoms with Crippen LogP contribution in [0.3, 0.4) is 0 Å². The predicted molar refractivity (Wildman–Crippen MR) is 117 cm³/mol. The van der Waals surface area contributed by atoms with E-state index >= 15 is 0 Å². The molecule has 0 saturated carbocycles. The van der Waals surface area contributed by atoms with Crippen molar-refractivity contribution in [1.29, 1.82) is 0 Å². The number of halogens is 4. The molecule has 8 heteroatoms. The van der Waals surface area contributed by atoms with Crippen LogP contribution in [0.25, 0.3) is 16.5 Å². The summed E-state index contributed by atoms with van der Waals surface area (Å²) in [7, 11) is 1.57. The molecule has 1 aromatic heterocycles. The molecule has 1 aliphatic carbocycles. The SMILES string of the molecule is CC=NC1=C(C)c2c(c3cc(Br)ccc3n2CC(F)(F)F)C(C(C)(C)CO)[C@@H]1OC. The zero-order valence-electron chi connectivity index (χ0n) is 17.6. The highest BCUT2D eigenvalue weighted by Crippen LogP contribution is 2.52. The zero-order chi connectivity index (χ0) is 22.4. The van der Waals surface area contributed by atoms with Crippen LogP contribution in [0, 0.1) is 5.41 Å². The summed E-state index contributed by atoms with van der Waals surface area (Å²) >= 11 is 3.45. The first-order chi connectivity index (χ1) is 14.0. The molecule has 30 heavy (non-hydrogen) atoms. The maximum Gasteiger partial charge on any atom is 0.406 e. The minimum Gasteiger partial charge on any atom is -0.396 e. The average Bonchev–Trinajstić information content (AvgIpc) is 2.95. The first-order valence-corrected chi connectivity index (χ1v) is 10.5. The van der Waals surface area contributed by atoms with Crippen LogP contribution in [0.15, 0.2) is 33.4 Å². The van der Waals surface area contributed by atoms with E-state index in [1.165, 1.54) is 4.57 Å². The molecule has 164 valence electrons. The number of methoxy groups -OCH3 is 1. The summed E-state index contributed by atoms with van der Waals surface area (Å²) in [5, 5.41) is 10.9. The summed E-state index contributed by atoms with van der Waals surface area (Å²) in [4.78, 5) is 4.48. The fourth-order valence-electron chi connectivity index (χ4n) is 4.52. The molecular weight excluding hydrogens is 461 g/mol. The van der Waals surface area contributed by atoms with Gasteiger partial charge in [0.2, 0.25) is 0 Å². The van der Waals surface area contributed by atoms with Gasteiger partial charge in [-0.05, 0) is 48.6 Å². The molecule has 4 nitrogen and oxygen atoms in total. The molecule has 1 unspecified atom stereocenters. The van der Waals surface area contributed by atoms with Crippen molar-refractivity contribution in [3.63, 3.8) is 0 Å². The first kappa shape index (κ1) is 23.0. The monoisotopic (exact) mass is 486 g/mol. The second-order valence-electron chi connectivity index (χ2n) is 8.30. The molecule has 0 aliphatic heterocycles. The summed E-state index contributed by atoms with van der Waals surface area (Å²) in [6, 6.07) is 5.28. The van der Waals surface area contributed by atoms with E-state index in [9.17, 15) is 18.3 Å². The lowest BCUT2D eigenvalue weighted by atomic mass is 9.67. The predicted octanol–water partition coefficient (Wildman–Crippen LogP) is 5.92. The Morgan fingerprint density at radius 3 is 2.50 bits per heavy atom. The Morgan fingerprint density at radius 1 is 1.30 bits per heavy atom. The van der Waals surface area contributed by atoms with Gasteiger partial charge in [0.15, 0.2) is 0 Å². The van der Waals surface area contributed by atoms with E-state index in [4.69, 9.17) is 4.74 Å². The van der Waals surface area contributed by atoms with E-state index in [2.05, 4.69) is 20.9 Å². The van der Waals surface area contributed by atoms with Crippen LogP contribution in [0.2, 0.25) is 0 Å². The van der Waals surface area contributed by atoms with E-state index in [-0.39, 0.29) is 6.61 Å². The molecule has 1 heterocycles. The number of hydrogen-bond donors (Lipinski definition) is 1. The summed E-state index contributed by atoms with van der Waals surface area (Å²) in [5.41, 5.74) is 2.33. The van der Waals surface area contributed by atoms with Crippen molar-refractivity contribution in [3.05, 3.63) is 39.6 Å². The molecule has 2 atom stereocenters. The molecule has 0 bridgehead atoms. The van der Waals surface area contributed by atoms with E-state index in [1.54, 1.807) is 39.3 Å². The fourth-order valence-corrected chi connectivity index (χ4v) is 4.88. The number of aliphatic imine (C=N–C) groups is 1. The Bertz CT molecular complexity index is 1020. The number of fused-ring (bicyclic) bond motifs is 3. The number of hydrogen-bond acceptors (Lipinski definition) is 3. The second-order valence-corrected chi connectivity index (χ2v) is 9.22. The topological polar surface area (TPSA) is 46.8 Å². The number of aromatic nitrogens is 1. The third-order valence-corrected chi connectivity index (χ3v) is 6.29. The maximum atomic E-state index is 13.6. The van der Waals surface area contributed by atoms with Gasteiger partial charge in [-0.3, -0.25) is 4.99 Å². The molecule has 3 rings (SSSR count). The van der Waals surface area contributed by atoms with Gasteiger partial charge < -0.3 is 14.4 Å². The molecule has 0 amide bonds. The number of aliphatic hydroxyl groups is 1. The van der Waals surface area contributed by atoms with Crippen LogP contribution in [-0.4, -0.2) is 41.9 Å². The van der Waals surface area contributed by atoms with Gasteiger partial charge in [-0.2, -0.15) is 13.2 Å². The zero-order valence-corrected chi connectivity index (χ0v) is 19.2. The Kier molecular flexibility index (Phi) is 6.24. The molecule has 0 radical (unpaired) electrons. The van der Waals surface area contributed by atoms with Crippen molar-refractivity contribution in [2.24, 2.45) is 10.4 Å². The normalized spacial score (nSPS) is 20.5. The molecule has 2 aromatic rings. The van der Waals surface area contributed by atoms with E-state index < -0.39 is 30.2 Å². The molecule has 0 spiro atoms. The van der Waals surface area contributed by atoms with Crippen LogP contribution in [-0.2, 0) is 11.3 Å². The van der Waals surface area contributed by atoms with Crippen molar-refractivity contribution in [2.75, 3.05) is 13.7 Å². The van der Waals surface area contributed by atoms with Crippen molar-refractivity contribution < 1.29 is 23.0 Å². The molecular formula is C22H26BrF3N2O2. The molecule has 0 saturated heterocycles. The average molecular weight is 487 g/mol. The Labute approximate surface area is 182 Å². The highest BCUT2D eigenvalue weighted by Gasteiger charge is 2.46. The van der Waals surface area contributed by atoms with Crippen LogP contribution in [0.5, 0.6) is 0 Å². The van der Waals surface area contributed by atoms with Gasteiger partial charge in [0.25, 0.3) is 0 Å². The highest BCUT2D eigenvalue weighted by atomic mass is 79.9. The van der Waals surface area contributed by atoms with Gasteiger partial charge in [0.05, 0.1) is 11.4 Å². The minimum atomic E-state index is -4.39. The smallest absolute Gasteiger partial charge is 0.396 e. The Balaban J connectivity index is 2.51. The third kappa shape index (κ3) is 3.85. The van der Waals surface area contributed by atoms with Gasteiger partial charge in [-0.15, -0.1) is 0 Å². The molecule has 1 aliphatic rings. The van der Waals surface area contributed by atoms with Gasteiger partial charge in [0.1, 0.15) is 12.6 Å². The van der Waals surface area contributed by atoms with Gasteiger partial charge in [0, 0.05) is 41.2 Å². The highest BCUT2D eigenvalue weighted by molar-refractivity contribution is 9.10. The Hall–Kier alpha value is -1.64. The number of allylic oxidation sites excluding steroid dienone is 1. The number of aliphatic hydroxyl groups excluding tert-OH is 1. The van der Waals surface area contributed by atoms with Crippen molar-refractivity contribution in [2.45, 2.75) is 52.4 Å². The first-order valence-electron chi connectivity index (χ1n) is 9.68. The second kappa shape index (κ2) is 8.13. The lowest BCUT2D eigenvalue weighted by molar-refractivity contribution is -0.140. The lowest BCUT2D eigenvalue weighted by Gasteiger charge is -2.42. The molecule has 1 N–H and O–H groups in total. The third-order valence-electron chi connectivity index (χ3n) is 5.80. The summed E-state index contributed by atoms with van der Waals surface area (Å²) < 4.78 is 48.6. The van der Waals surface area contributed by atoms with Gasteiger partial charge >= 0.3 is 6.18 Å². The van der Waals surface area contributed by atoms with Crippen LogP contribution in [0.4, 0.5) is 13.2 Å². The summed E-state index contributed by atoms with van der Waals surface area (Å²) in [6.07, 6.45) is -3.27. The quantitative estimate of drug-likeness (QED) is 0.533. The van der Waals surface area contributed by atoms with Crippen molar-refractivity contribution >= 4 is 38.6 Å². The molecule has 1 aromatic carbocycles. The number of nitrogens with zero attached hydrogens (tertiary/aromatic N) is 2. The minimum absolute atomic E-state index is 0.154. The van der Waals surface area contributed by atoms with Gasteiger partial charge in [-0.1, -0.05) is 29.8 Å². The fraction of sp³-hybridized carbons (Fsp3) is 0.500. The summed E-state index contributed by atoms with van der Waals surface area (Å²) in [6.45, 7) is 6.08. The van der Waals surface area contributed by atoms with Crippen molar-refractivity contribution in [3.8, 4) is 0 Å². The maximum absolute atomic E-state index is 13.6.